The minimum atomic E-state index is -0.794. The molecule has 5 nitrogen and oxygen atoms in total. The summed E-state index contributed by atoms with van der Waals surface area (Å²) in [7, 11) is 0. The number of benzene rings is 4. The lowest BCUT2D eigenvalue weighted by molar-refractivity contribution is -0.122. The topological polar surface area (TPSA) is 67.4 Å². The van der Waals surface area contributed by atoms with Crippen molar-refractivity contribution in [2.24, 2.45) is 0 Å². The van der Waals surface area contributed by atoms with Crippen LogP contribution in [0.25, 0.3) is 10.8 Å². The molecule has 0 aliphatic rings. The normalized spacial score (nSPS) is 11.5. The molecule has 0 spiro atoms. The number of carbonyl (C=O) groups is 2. The average Bonchev–Trinajstić information content (AvgIpc) is 2.80. The van der Waals surface area contributed by atoms with Crippen molar-refractivity contribution < 1.29 is 14.3 Å². The Balaban J connectivity index is 1.45. The van der Waals surface area contributed by atoms with Gasteiger partial charge in [-0.05, 0) is 54.1 Å². The highest BCUT2D eigenvalue weighted by Gasteiger charge is 2.19. The minimum Gasteiger partial charge on any atom is -0.480 e. The predicted octanol–water partition coefficient (Wildman–Crippen LogP) is 5.50. The van der Waals surface area contributed by atoms with Gasteiger partial charge in [-0.25, -0.2) is 0 Å². The zero-order valence-electron chi connectivity index (χ0n) is 17.0. The lowest BCUT2D eigenvalue weighted by atomic mass is 10.1. The van der Waals surface area contributed by atoms with Gasteiger partial charge in [0, 0.05) is 11.4 Å². The summed E-state index contributed by atoms with van der Waals surface area (Å²) in [4.78, 5) is 25.4. The second-order valence-corrected chi connectivity index (χ2v) is 7.13. The Kier molecular flexibility index (Phi) is 5.94. The van der Waals surface area contributed by atoms with Crippen molar-refractivity contribution in [3.63, 3.8) is 0 Å². The van der Waals surface area contributed by atoms with Gasteiger partial charge in [0.1, 0.15) is 5.75 Å². The molecule has 4 aromatic carbocycles. The summed E-state index contributed by atoms with van der Waals surface area (Å²) in [6.07, 6.45) is -0.794. The summed E-state index contributed by atoms with van der Waals surface area (Å²) >= 11 is 0. The molecule has 4 rings (SSSR count). The van der Waals surface area contributed by atoms with Crippen LogP contribution in [0.5, 0.6) is 5.75 Å². The quantitative estimate of drug-likeness (QED) is 0.441. The van der Waals surface area contributed by atoms with E-state index in [-0.39, 0.29) is 11.8 Å². The molecule has 0 saturated carbocycles. The average molecular weight is 410 g/mol. The standard InChI is InChI=1S/C26H22N2O3/c1-18(25(29)28-22-16-15-19-9-5-6-10-20(19)17-22)31-24-14-8-7-13-23(24)26(30)27-21-11-3-2-4-12-21/h2-18H,1H3,(H,27,30)(H,28,29)/t18-/m0/s1. The van der Waals surface area contributed by atoms with Crippen LogP contribution in [-0.2, 0) is 4.79 Å². The van der Waals surface area contributed by atoms with Crippen LogP contribution in [0.3, 0.4) is 0 Å². The highest BCUT2D eigenvalue weighted by molar-refractivity contribution is 6.06. The maximum absolute atomic E-state index is 12.7. The van der Waals surface area contributed by atoms with Gasteiger partial charge in [-0.2, -0.15) is 0 Å². The van der Waals surface area contributed by atoms with E-state index in [2.05, 4.69) is 10.6 Å². The number of hydrogen-bond donors (Lipinski definition) is 2. The summed E-state index contributed by atoms with van der Waals surface area (Å²) in [6, 6.07) is 29.7. The fourth-order valence-corrected chi connectivity index (χ4v) is 3.23. The number of nitrogens with one attached hydrogen (secondary N) is 2. The summed E-state index contributed by atoms with van der Waals surface area (Å²) in [5, 5.41) is 7.86. The SMILES string of the molecule is C[C@H](Oc1ccccc1C(=O)Nc1ccccc1)C(=O)Nc1ccc2ccccc2c1. The summed E-state index contributed by atoms with van der Waals surface area (Å²) < 4.78 is 5.85. The molecule has 31 heavy (non-hydrogen) atoms. The zero-order chi connectivity index (χ0) is 21.6. The van der Waals surface area contributed by atoms with Crippen LogP contribution < -0.4 is 15.4 Å². The van der Waals surface area contributed by atoms with E-state index in [1.54, 1.807) is 43.3 Å². The van der Waals surface area contributed by atoms with Crippen molar-refractivity contribution >= 4 is 34.0 Å². The van der Waals surface area contributed by atoms with E-state index >= 15 is 0 Å². The number of carbonyl (C=O) groups excluding carboxylic acids is 2. The van der Waals surface area contributed by atoms with Crippen LogP contribution >= 0.6 is 0 Å². The molecule has 0 radical (unpaired) electrons. The van der Waals surface area contributed by atoms with Gasteiger partial charge in [0.15, 0.2) is 6.10 Å². The van der Waals surface area contributed by atoms with Crippen LogP contribution in [0.2, 0.25) is 0 Å². The Morgan fingerprint density at radius 2 is 1.39 bits per heavy atom. The number of amides is 2. The molecule has 0 bridgehead atoms. The third-order valence-corrected chi connectivity index (χ3v) is 4.85. The fourth-order valence-electron chi connectivity index (χ4n) is 3.23. The molecule has 2 amide bonds. The molecule has 154 valence electrons. The van der Waals surface area contributed by atoms with Crippen molar-refractivity contribution in [3.05, 3.63) is 103 Å². The lowest BCUT2D eigenvalue weighted by Crippen LogP contribution is -2.30. The van der Waals surface area contributed by atoms with E-state index in [0.29, 0.717) is 22.7 Å². The van der Waals surface area contributed by atoms with Crippen LogP contribution in [-0.4, -0.2) is 17.9 Å². The van der Waals surface area contributed by atoms with Crippen molar-refractivity contribution in [2.45, 2.75) is 13.0 Å². The van der Waals surface area contributed by atoms with E-state index < -0.39 is 6.10 Å². The number of rotatable bonds is 6. The van der Waals surface area contributed by atoms with E-state index in [1.807, 2.05) is 60.7 Å². The maximum Gasteiger partial charge on any atom is 0.265 e. The molecular weight excluding hydrogens is 388 g/mol. The fraction of sp³-hybridized carbons (Fsp3) is 0.0769. The van der Waals surface area contributed by atoms with Gasteiger partial charge in [0.2, 0.25) is 0 Å². The number of fused-ring (bicyclic) bond motifs is 1. The number of hydrogen-bond acceptors (Lipinski definition) is 3. The number of ether oxygens (including phenoxy) is 1. The Morgan fingerprint density at radius 3 is 2.19 bits per heavy atom. The third kappa shape index (κ3) is 4.90. The van der Waals surface area contributed by atoms with E-state index in [4.69, 9.17) is 4.74 Å². The van der Waals surface area contributed by atoms with Gasteiger partial charge in [-0.15, -0.1) is 0 Å². The predicted molar refractivity (Wildman–Crippen MR) is 124 cm³/mol. The van der Waals surface area contributed by atoms with Gasteiger partial charge in [0.05, 0.1) is 5.56 Å². The Labute approximate surface area is 180 Å². The van der Waals surface area contributed by atoms with Crippen LogP contribution in [0.1, 0.15) is 17.3 Å². The highest BCUT2D eigenvalue weighted by Crippen LogP contribution is 2.22. The first-order chi connectivity index (χ1) is 15.1. The second-order valence-electron chi connectivity index (χ2n) is 7.13. The Hall–Kier alpha value is -4.12. The van der Waals surface area contributed by atoms with Gasteiger partial charge in [0.25, 0.3) is 11.8 Å². The summed E-state index contributed by atoms with van der Waals surface area (Å²) in [5.41, 5.74) is 1.73. The van der Waals surface area contributed by atoms with Crippen LogP contribution in [0.4, 0.5) is 11.4 Å². The largest absolute Gasteiger partial charge is 0.480 e. The molecule has 1 atom stereocenters. The summed E-state index contributed by atoms with van der Waals surface area (Å²) in [6.45, 7) is 1.66. The lowest BCUT2D eigenvalue weighted by Gasteiger charge is -2.17. The minimum absolute atomic E-state index is 0.298. The molecule has 5 heteroatoms. The molecule has 0 saturated heterocycles. The highest BCUT2D eigenvalue weighted by atomic mass is 16.5. The second kappa shape index (κ2) is 9.13. The van der Waals surface area contributed by atoms with Gasteiger partial charge >= 0.3 is 0 Å². The first-order valence-electron chi connectivity index (χ1n) is 10.0. The van der Waals surface area contributed by atoms with Crippen molar-refractivity contribution in [3.8, 4) is 5.75 Å². The first-order valence-corrected chi connectivity index (χ1v) is 10.0. The molecule has 0 unspecified atom stereocenters. The van der Waals surface area contributed by atoms with Crippen molar-refractivity contribution in [1.82, 2.24) is 0 Å². The van der Waals surface area contributed by atoms with Crippen LogP contribution in [0, 0.1) is 0 Å². The van der Waals surface area contributed by atoms with E-state index in [9.17, 15) is 9.59 Å². The van der Waals surface area contributed by atoms with Gasteiger partial charge < -0.3 is 15.4 Å². The van der Waals surface area contributed by atoms with E-state index in [1.165, 1.54) is 0 Å². The van der Waals surface area contributed by atoms with Crippen molar-refractivity contribution in [1.29, 1.82) is 0 Å². The summed E-state index contributed by atoms with van der Waals surface area (Å²) in [5.74, 6) is -0.255. The Morgan fingerprint density at radius 1 is 0.710 bits per heavy atom. The Bertz CT molecular complexity index is 1220. The van der Waals surface area contributed by atoms with E-state index in [0.717, 1.165) is 10.8 Å². The number of para-hydroxylation sites is 2. The molecule has 0 heterocycles. The smallest absolute Gasteiger partial charge is 0.265 e. The first kappa shape index (κ1) is 20.2. The monoisotopic (exact) mass is 410 g/mol. The van der Waals surface area contributed by atoms with Crippen molar-refractivity contribution in [2.75, 3.05) is 10.6 Å². The molecule has 0 aliphatic carbocycles. The molecule has 0 aliphatic heterocycles. The number of anilines is 2. The van der Waals surface area contributed by atoms with Gasteiger partial charge in [-0.3, -0.25) is 9.59 Å². The van der Waals surface area contributed by atoms with Gasteiger partial charge in [-0.1, -0.05) is 60.7 Å². The zero-order valence-corrected chi connectivity index (χ0v) is 17.0. The maximum atomic E-state index is 12.7. The molecule has 2 N–H and O–H groups in total. The molecular formula is C26H22N2O3. The molecule has 4 aromatic rings. The third-order valence-electron chi connectivity index (χ3n) is 4.85. The van der Waals surface area contributed by atoms with Crippen LogP contribution in [0.15, 0.2) is 97.1 Å². The molecule has 0 aromatic heterocycles. The molecule has 0 fully saturated rings.